The summed E-state index contributed by atoms with van der Waals surface area (Å²) >= 11 is 15.4. The highest BCUT2D eigenvalue weighted by molar-refractivity contribution is 9.10. The molecule has 0 radical (unpaired) electrons. The minimum absolute atomic E-state index is 0.0675. The van der Waals surface area contributed by atoms with Gasteiger partial charge in [-0.3, -0.25) is 10.1 Å². The van der Waals surface area contributed by atoms with Gasteiger partial charge in [-0.15, -0.1) is 0 Å². The number of nitrogens with zero attached hydrogens (tertiary/aromatic N) is 1. The van der Waals surface area contributed by atoms with Crippen molar-refractivity contribution in [3.8, 4) is 0 Å². The van der Waals surface area contributed by atoms with Crippen LogP contribution < -0.4 is 5.32 Å². The molecule has 0 spiro atoms. The van der Waals surface area contributed by atoms with Crippen molar-refractivity contribution in [1.82, 2.24) is 0 Å². The standard InChI is InChI=1S/C14H11BrCl2N2O2/c1-8-4-11(15)13(6-14(8)19(20)21)18-7-9-5-10(16)2-3-12(9)17/h2-6,18H,7H2,1H3. The predicted molar refractivity (Wildman–Crippen MR) is 89.3 cm³/mol. The van der Waals surface area contributed by atoms with Gasteiger partial charge in [-0.2, -0.15) is 0 Å². The Kier molecular flexibility index (Phi) is 5.08. The average molecular weight is 390 g/mol. The highest BCUT2D eigenvalue weighted by Crippen LogP contribution is 2.31. The van der Waals surface area contributed by atoms with Crippen LogP contribution in [0, 0.1) is 17.0 Å². The topological polar surface area (TPSA) is 55.2 Å². The van der Waals surface area contributed by atoms with E-state index in [0.29, 0.717) is 27.8 Å². The fourth-order valence-electron chi connectivity index (χ4n) is 1.86. The average Bonchev–Trinajstić information content (AvgIpc) is 2.41. The summed E-state index contributed by atoms with van der Waals surface area (Å²) in [4.78, 5) is 10.6. The number of hydrogen-bond acceptors (Lipinski definition) is 3. The van der Waals surface area contributed by atoms with Gasteiger partial charge in [0, 0.05) is 32.7 Å². The van der Waals surface area contributed by atoms with Gasteiger partial charge in [0.25, 0.3) is 5.69 Å². The van der Waals surface area contributed by atoms with Crippen LogP contribution in [0.5, 0.6) is 0 Å². The molecule has 2 aromatic rings. The molecule has 7 heteroatoms. The molecule has 2 aromatic carbocycles. The summed E-state index contributed by atoms with van der Waals surface area (Å²) < 4.78 is 0.753. The molecule has 110 valence electrons. The molecule has 0 saturated heterocycles. The summed E-state index contributed by atoms with van der Waals surface area (Å²) in [6.45, 7) is 2.11. The number of benzene rings is 2. The van der Waals surface area contributed by atoms with Crippen molar-refractivity contribution >= 4 is 50.5 Å². The third-order valence-corrected chi connectivity index (χ3v) is 4.22. The molecular formula is C14H11BrCl2N2O2. The maximum atomic E-state index is 11.0. The molecule has 2 rings (SSSR count). The van der Waals surface area contributed by atoms with Crippen LogP contribution in [0.3, 0.4) is 0 Å². The minimum Gasteiger partial charge on any atom is -0.380 e. The summed E-state index contributed by atoms with van der Waals surface area (Å²) in [7, 11) is 0. The van der Waals surface area contributed by atoms with E-state index in [1.54, 1.807) is 31.2 Å². The summed E-state index contributed by atoms with van der Waals surface area (Å²) in [5.74, 6) is 0. The maximum Gasteiger partial charge on any atom is 0.274 e. The molecule has 0 atom stereocenters. The lowest BCUT2D eigenvalue weighted by atomic mass is 10.1. The predicted octanol–water partition coefficient (Wildman–Crippen LogP) is 5.58. The molecule has 0 saturated carbocycles. The Balaban J connectivity index is 2.25. The van der Waals surface area contributed by atoms with Crippen molar-refractivity contribution in [2.45, 2.75) is 13.5 Å². The molecule has 4 nitrogen and oxygen atoms in total. The van der Waals surface area contributed by atoms with Crippen LogP contribution in [0.2, 0.25) is 10.0 Å². The van der Waals surface area contributed by atoms with E-state index in [1.807, 2.05) is 0 Å². The zero-order valence-electron chi connectivity index (χ0n) is 11.0. The molecule has 0 aromatic heterocycles. The van der Waals surface area contributed by atoms with E-state index in [4.69, 9.17) is 23.2 Å². The number of nitro groups is 1. The molecule has 0 unspecified atom stereocenters. The lowest BCUT2D eigenvalue weighted by Gasteiger charge is -2.11. The van der Waals surface area contributed by atoms with Crippen molar-refractivity contribution in [2.24, 2.45) is 0 Å². The van der Waals surface area contributed by atoms with Gasteiger partial charge in [-0.05, 0) is 52.7 Å². The van der Waals surface area contributed by atoms with Crippen LogP contribution in [0.4, 0.5) is 11.4 Å². The lowest BCUT2D eigenvalue weighted by molar-refractivity contribution is -0.385. The third kappa shape index (κ3) is 3.87. The molecule has 0 heterocycles. The minimum atomic E-state index is -0.403. The number of hydrogen-bond donors (Lipinski definition) is 1. The van der Waals surface area contributed by atoms with E-state index in [-0.39, 0.29) is 5.69 Å². The second-order valence-electron chi connectivity index (χ2n) is 4.46. The quantitative estimate of drug-likeness (QED) is 0.548. The first kappa shape index (κ1) is 16.1. The third-order valence-electron chi connectivity index (χ3n) is 2.96. The van der Waals surface area contributed by atoms with Crippen LogP contribution in [-0.4, -0.2) is 4.92 Å². The molecule has 0 aliphatic heterocycles. The molecule has 0 bridgehead atoms. The van der Waals surface area contributed by atoms with Gasteiger partial charge in [0.05, 0.1) is 10.6 Å². The number of halogens is 3. The van der Waals surface area contributed by atoms with Gasteiger partial charge < -0.3 is 5.32 Å². The molecule has 0 amide bonds. The SMILES string of the molecule is Cc1cc(Br)c(NCc2cc(Cl)ccc2Cl)cc1[N+](=O)[O-]. The van der Waals surface area contributed by atoms with Crippen molar-refractivity contribution in [3.05, 3.63) is 66.1 Å². The summed E-state index contributed by atoms with van der Waals surface area (Å²) in [5, 5.41) is 15.3. The summed E-state index contributed by atoms with van der Waals surface area (Å²) in [5.41, 5.74) is 2.11. The van der Waals surface area contributed by atoms with E-state index >= 15 is 0 Å². The van der Waals surface area contributed by atoms with E-state index in [9.17, 15) is 10.1 Å². The van der Waals surface area contributed by atoms with Crippen LogP contribution in [0.1, 0.15) is 11.1 Å². The summed E-state index contributed by atoms with van der Waals surface area (Å²) in [6, 6.07) is 8.39. The van der Waals surface area contributed by atoms with Crippen molar-refractivity contribution in [1.29, 1.82) is 0 Å². The Morgan fingerprint density at radius 1 is 1.29 bits per heavy atom. The van der Waals surface area contributed by atoms with Crippen LogP contribution in [-0.2, 0) is 6.54 Å². The molecule has 21 heavy (non-hydrogen) atoms. The molecular weight excluding hydrogens is 379 g/mol. The number of anilines is 1. The zero-order chi connectivity index (χ0) is 15.6. The number of rotatable bonds is 4. The highest BCUT2D eigenvalue weighted by Gasteiger charge is 2.14. The highest BCUT2D eigenvalue weighted by atomic mass is 79.9. The van der Waals surface area contributed by atoms with Crippen molar-refractivity contribution < 1.29 is 4.92 Å². The Bertz CT molecular complexity index is 708. The monoisotopic (exact) mass is 388 g/mol. The largest absolute Gasteiger partial charge is 0.380 e. The Morgan fingerprint density at radius 2 is 2.00 bits per heavy atom. The van der Waals surface area contributed by atoms with E-state index in [0.717, 1.165) is 10.0 Å². The van der Waals surface area contributed by atoms with E-state index < -0.39 is 4.92 Å². The Morgan fingerprint density at radius 3 is 2.67 bits per heavy atom. The zero-order valence-corrected chi connectivity index (χ0v) is 14.1. The first-order valence-corrected chi connectivity index (χ1v) is 7.55. The van der Waals surface area contributed by atoms with Gasteiger partial charge in [0.1, 0.15) is 0 Å². The Labute approximate surface area is 140 Å². The fourth-order valence-corrected chi connectivity index (χ4v) is 2.84. The van der Waals surface area contributed by atoms with Crippen molar-refractivity contribution in [3.63, 3.8) is 0 Å². The van der Waals surface area contributed by atoms with Gasteiger partial charge in [-0.25, -0.2) is 0 Å². The number of nitro benzene ring substituents is 1. The van der Waals surface area contributed by atoms with Gasteiger partial charge >= 0.3 is 0 Å². The molecule has 0 fully saturated rings. The van der Waals surface area contributed by atoms with Crippen LogP contribution in [0.15, 0.2) is 34.8 Å². The van der Waals surface area contributed by atoms with Gasteiger partial charge in [-0.1, -0.05) is 23.2 Å². The maximum absolute atomic E-state index is 11.0. The van der Waals surface area contributed by atoms with Gasteiger partial charge in [0.2, 0.25) is 0 Å². The fraction of sp³-hybridized carbons (Fsp3) is 0.143. The first-order chi connectivity index (χ1) is 9.88. The Hall–Kier alpha value is -1.30. The second kappa shape index (κ2) is 6.64. The summed E-state index contributed by atoms with van der Waals surface area (Å²) in [6.07, 6.45) is 0. The smallest absolute Gasteiger partial charge is 0.274 e. The molecule has 0 aliphatic rings. The van der Waals surface area contributed by atoms with Crippen LogP contribution in [0.25, 0.3) is 0 Å². The lowest BCUT2D eigenvalue weighted by Crippen LogP contribution is -2.02. The second-order valence-corrected chi connectivity index (χ2v) is 6.16. The first-order valence-electron chi connectivity index (χ1n) is 6.01. The number of nitrogens with one attached hydrogen (secondary N) is 1. The normalized spacial score (nSPS) is 10.5. The molecule has 1 N–H and O–H groups in total. The number of aryl methyl sites for hydroxylation is 1. The van der Waals surface area contributed by atoms with Crippen LogP contribution >= 0.6 is 39.1 Å². The van der Waals surface area contributed by atoms with E-state index in [2.05, 4.69) is 21.2 Å². The molecule has 0 aliphatic carbocycles. The van der Waals surface area contributed by atoms with Crippen molar-refractivity contribution in [2.75, 3.05) is 5.32 Å². The van der Waals surface area contributed by atoms with Gasteiger partial charge in [0.15, 0.2) is 0 Å². The van der Waals surface area contributed by atoms with E-state index in [1.165, 1.54) is 6.07 Å².